The minimum absolute atomic E-state index is 0.457. The Hall–Kier alpha value is -3.16. The normalized spacial score (nSPS) is 24.2. The Labute approximate surface area is 143 Å². The summed E-state index contributed by atoms with van der Waals surface area (Å²) < 4.78 is 0. The second kappa shape index (κ2) is 7.16. The summed E-state index contributed by atoms with van der Waals surface area (Å²) in [6, 6.07) is 0. The van der Waals surface area contributed by atoms with E-state index in [4.69, 9.17) is 5.11 Å². The summed E-state index contributed by atoms with van der Waals surface area (Å²) in [5, 5.41) is 37.4. The van der Waals surface area contributed by atoms with Crippen molar-refractivity contribution < 1.29 is 39.6 Å². The van der Waals surface area contributed by atoms with Gasteiger partial charge in [0.25, 0.3) is 0 Å². The van der Waals surface area contributed by atoms with Gasteiger partial charge in [0.1, 0.15) is 0 Å². The van der Waals surface area contributed by atoms with Crippen LogP contribution < -0.4 is 0 Å². The lowest BCUT2D eigenvalue weighted by Crippen LogP contribution is -2.37. The molecule has 0 amide bonds. The average Bonchev–Trinajstić information content (AvgIpc) is 2.48. The fourth-order valence-corrected chi connectivity index (χ4v) is 2.91. The Balaban J connectivity index is 3.82. The number of carbonyl (C=O) groups is 4. The first-order valence-corrected chi connectivity index (χ1v) is 7.16. The third-order valence-electron chi connectivity index (χ3n) is 4.22. The Morgan fingerprint density at radius 3 is 1.72 bits per heavy atom. The molecule has 8 heteroatoms. The summed E-state index contributed by atoms with van der Waals surface area (Å²) >= 11 is 0. The third-order valence-corrected chi connectivity index (χ3v) is 4.22. The molecule has 0 fully saturated rings. The molecule has 8 nitrogen and oxygen atoms in total. The quantitative estimate of drug-likeness (QED) is 0.529. The molecule has 0 spiro atoms. The maximum absolute atomic E-state index is 11.7. The molecule has 25 heavy (non-hydrogen) atoms. The smallest absolute Gasteiger partial charge is 0.333 e. The zero-order chi connectivity index (χ0) is 19.5. The van der Waals surface area contributed by atoms with Crippen molar-refractivity contribution in [1.29, 1.82) is 0 Å². The van der Waals surface area contributed by atoms with Crippen molar-refractivity contribution in [1.82, 2.24) is 0 Å². The van der Waals surface area contributed by atoms with Gasteiger partial charge in [-0.1, -0.05) is 31.2 Å². The fourth-order valence-electron chi connectivity index (χ4n) is 2.91. The second-order valence-electron chi connectivity index (χ2n) is 5.76. The molecule has 2 atom stereocenters. The first-order chi connectivity index (χ1) is 11.4. The number of aliphatic carboxylic acids is 4. The van der Waals surface area contributed by atoms with Gasteiger partial charge in [-0.15, -0.1) is 0 Å². The number of hydrogen-bond donors (Lipinski definition) is 4. The average molecular weight is 350 g/mol. The van der Waals surface area contributed by atoms with E-state index in [1.807, 2.05) is 0 Å². The van der Waals surface area contributed by atoms with E-state index in [-0.39, 0.29) is 0 Å². The lowest BCUT2D eigenvalue weighted by molar-refractivity contribution is -0.137. The topological polar surface area (TPSA) is 149 Å². The minimum Gasteiger partial charge on any atom is -0.478 e. The third kappa shape index (κ3) is 3.68. The largest absolute Gasteiger partial charge is 0.478 e. The summed E-state index contributed by atoms with van der Waals surface area (Å²) in [6.07, 6.45) is 5.64. The van der Waals surface area contributed by atoms with E-state index in [1.165, 1.54) is 31.2 Å². The molecule has 0 heterocycles. The zero-order valence-electron chi connectivity index (χ0n) is 13.8. The standard InChI is InChI=1S/C17H18O8/c1-8(13(18)19)11(15(22)23)10-6-4-5-7-17(10,3)12(16(24)25)9(2)14(20)21/h4-7,10H,1-3H3,(H,18,19)(H,20,21)(H,22,23)(H,24,25). The summed E-state index contributed by atoms with van der Waals surface area (Å²) in [6.45, 7) is 3.58. The lowest BCUT2D eigenvalue weighted by Gasteiger charge is -2.37. The van der Waals surface area contributed by atoms with Crippen LogP contribution in [0.5, 0.6) is 0 Å². The molecule has 0 aromatic rings. The van der Waals surface area contributed by atoms with E-state index in [0.29, 0.717) is 0 Å². The molecule has 1 rings (SSSR count). The van der Waals surface area contributed by atoms with Crippen molar-refractivity contribution in [3.63, 3.8) is 0 Å². The van der Waals surface area contributed by atoms with Gasteiger partial charge in [-0.2, -0.15) is 0 Å². The summed E-state index contributed by atoms with van der Waals surface area (Å²) in [7, 11) is 0. The maximum atomic E-state index is 11.7. The number of allylic oxidation sites excluding steroid dienone is 4. The Bertz CT molecular complexity index is 766. The highest BCUT2D eigenvalue weighted by Gasteiger charge is 2.45. The van der Waals surface area contributed by atoms with Crippen LogP contribution in [0.15, 0.2) is 46.6 Å². The van der Waals surface area contributed by atoms with Crippen LogP contribution in [0.3, 0.4) is 0 Å². The van der Waals surface area contributed by atoms with Crippen molar-refractivity contribution in [2.45, 2.75) is 20.8 Å². The van der Waals surface area contributed by atoms with Gasteiger partial charge in [-0.3, -0.25) is 0 Å². The van der Waals surface area contributed by atoms with Gasteiger partial charge < -0.3 is 20.4 Å². The predicted octanol–water partition coefficient (Wildman–Crippen LogP) is 1.71. The number of hydrogen-bond acceptors (Lipinski definition) is 4. The first-order valence-electron chi connectivity index (χ1n) is 7.16. The Morgan fingerprint density at radius 1 is 0.800 bits per heavy atom. The molecule has 2 unspecified atom stereocenters. The summed E-state index contributed by atoms with van der Waals surface area (Å²) in [5.41, 5.74) is -3.50. The highest BCUT2D eigenvalue weighted by molar-refractivity contribution is 6.02. The second-order valence-corrected chi connectivity index (χ2v) is 5.76. The van der Waals surface area contributed by atoms with E-state index < -0.39 is 57.5 Å². The molecule has 0 bridgehead atoms. The van der Waals surface area contributed by atoms with Crippen LogP contribution in [-0.4, -0.2) is 44.3 Å². The van der Waals surface area contributed by atoms with Gasteiger partial charge in [-0.05, 0) is 13.8 Å². The number of carboxylic acids is 4. The van der Waals surface area contributed by atoms with Crippen LogP contribution in [0.25, 0.3) is 0 Å². The Kier molecular flexibility index (Phi) is 5.70. The highest BCUT2D eigenvalue weighted by atomic mass is 16.4. The van der Waals surface area contributed by atoms with Crippen molar-refractivity contribution in [2.24, 2.45) is 11.3 Å². The van der Waals surface area contributed by atoms with Gasteiger partial charge in [0.15, 0.2) is 0 Å². The van der Waals surface area contributed by atoms with Crippen LogP contribution >= 0.6 is 0 Å². The van der Waals surface area contributed by atoms with E-state index in [0.717, 1.165) is 13.8 Å². The van der Waals surface area contributed by atoms with Crippen LogP contribution in [-0.2, 0) is 19.2 Å². The monoisotopic (exact) mass is 350 g/mol. The van der Waals surface area contributed by atoms with Crippen LogP contribution in [0, 0.1) is 11.3 Å². The Morgan fingerprint density at radius 2 is 1.32 bits per heavy atom. The van der Waals surface area contributed by atoms with E-state index in [1.54, 1.807) is 0 Å². The highest BCUT2D eigenvalue weighted by Crippen LogP contribution is 2.46. The van der Waals surface area contributed by atoms with Gasteiger partial charge >= 0.3 is 23.9 Å². The molecule has 0 saturated heterocycles. The van der Waals surface area contributed by atoms with Gasteiger partial charge in [0.05, 0.1) is 11.1 Å². The zero-order valence-corrected chi connectivity index (χ0v) is 13.8. The van der Waals surface area contributed by atoms with E-state index >= 15 is 0 Å². The molecule has 1 aliphatic rings. The lowest BCUT2D eigenvalue weighted by atomic mass is 9.64. The molecule has 4 N–H and O–H groups in total. The maximum Gasteiger partial charge on any atom is 0.333 e. The minimum atomic E-state index is -1.56. The van der Waals surface area contributed by atoms with Crippen LogP contribution in [0.2, 0.25) is 0 Å². The molecule has 134 valence electrons. The van der Waals surface area contributed by atoms with Gasteiger partial charge in [-0.25, -0.2) is 19.2 Å². The number of carboxylic acid groups (broad SMARTS) is 4. The molecular weight excluding hydrogens is 332 g/mol. The van der Waals surface area contributed by atoms with Crippen molar-refractivity contribution in [3.05, 3.63) is 46.6 Å². The van der Waals surface area contributed by atoms with E-state index in [2.05, 4.69) is 0 Å². The van der Waals surface area contributed by atoms with Crippen molar-refractivity contribution in [3.8, 4) is 0 Å². The molecule has 0 aliphatic heterocycles. The first kappa shape index (κ1) is 19.9. The summed E-state index contributed by atoms with van der Waals surface area (Å²) in [4.78, 5) is 46.0. The van der Waals surface area contributed by atoms with Crippen LogP contribution in [0.1, 0.15) is 20.8 Å². The fraction of sp³-hybridized carbons (Fsp3) is 0.294. The number of rotatable bonds is 6. The molecule has 1 aliphatic carbocycles. The molecule has 0 radical (unpaired) electrons. The van der Waals surface area contributed by atoms with E-state index in [9.17, 15) is 34.5 Å². The van der Waals surface area contributed by atoms with Gasteiger partial charge in [0.2, 0.25) is 0 Å². The van der Waals surface area contributed by atoms with Crippen LogP contribution in [0.4, 0.5) is 0 Å². The molecule has 0 aromatic carbocycles. The SMILES string of the molecule is CC(C(=O)O)=C(C(=O)O)C1C=CC=CC1(C)C(C(=O)O)=C(C)C(=O)O. The summed E-state index contributed by atoms with van der Waals surface area (Å²) in [5.74, 6) is -7.14. The predicted molar refractivity (Wildman–Crippen MR) is 85.8 cm³/mol. The van der Waals surface area contributed by atoms with Crippen molar-refractivity contribution >= 4 is 23.9 Å². The molecular formula is C17H18O8. The molecule has 0 saturated carbocycles. The molecule has 0 aromatic heterocycles. The van der Waals surface area contributed by atoms with Gasteiger partial charge in [0, 0.05) is 22.5 Å². The van der Waals surface area contributed by atoms with Crippen molar-refractivity contribution in [2.75, 3.05) is 0 Å².